The topological polar surface area (TPSA) is 29.5 Å². The van der Waals surface area contributed by atoms with Crippen LogP contribution in [-0.4, -0.2) is 36.3 Å². The molecule has 6 heteroatoms. The lowest BCUT2D eigenvalue weighted by molar-refractivity contribution is -0.135. The van der Waals surface area contributed by atoms with E-state index >= 15 is 0 Å². The lowest BCUT2D eigenvalue weighted by Gasteiger charge is -2.27. The fourth-order valence-corrected chi connectivity index (χ4v) is 4.50. The van der Waals surface area contributed by atoms with Crippen molar-refractivity contribution in [2.75, 3.05) is 25.5 Å². The molecule has 2 fully saturated rings. The van der Waals surface area contributed by atoms with Gasteiger partial charge in [-0.3, -0.25) is 4.79 Å². The molecule has 2 unspecified atom stereocenters. The first kappa shape index (κ1) is 14.5. The summed E-state index contributed by atoms with van der Waals surface area (Å²) in [6, 6.07) is 5.47. The van der Waals surface area contributed by atoms with Gasteiger partial charge in [-0.15, -0.1) is 11.8 Å². The molecular weight excluding hydrogens is 317 g/mol. The first-order chi connectivity index (χ1) is 9.66. The molecule has 1 amide bonds. The number of thioether (sulfide) groups is 1. The second kappa shape index (κ2) is 6.14. The van der Waals surface area contributed by atoms with E-state index in [1.807, 2.05) is 17.0 Å². The van der Waals surface area contributed by atoms with Gasteiger partial charge < -0.3 is 9.64 Å². The van der Waals surface area contributed by atoms with Gasteiger partial charge in [0.15, 0.2) is 0 Å². The third-order valence-electron chi connectivity index (χ3n) is 3.68. The summed E-state index contributed by atoms with van der Waals surface area (Å²) in [7, 11) is 0. The number of carbonyl (C=O) groups excluding carboxylic acids is 1. The van der Waals surface area contributed by atoms with Crippen molar-refractivity contribution in [2.45, 2.75) is 11.8 Å². The molecule has 0 bridgehead atoms. The maximum atomic E-state index is 12.6. The zero-order valence-electron chi connectivity index (χ0n) is 10.9. The fraction of sp³-hybridized carbons (Fsp3) is 0.500. The Hall–Kier alpha value is -0.420. The normalized spacial score (nSPS) is 26.2. The predicted octanol–water partition coefficient (Wildman–Crippen LogP) is 3.60. The first-order valence-corrected chi connectivity index (χ1v) is 8.42. The Morgan fingerprint density at radius 1 is 1.40 bits per heavy atom. The highest BCUT2D eigenvalue weighted by Crippen LogP contribution is 2.42. The Bertz CT molecular complexity index is 520. The van der Waals surface area contributed by atoms with Gasteiger partial charge in [-0.1, -0.05) is 29.3 Å². The zero-order valence-corrected chi connectivity index (χ0v) is 13.2. The highest BCUT2D eigenvalue weighted by atomic mass is 35.5. The van der Waals surface area contributed by atoms with Crippen molar-refractivity contribution in [3.63, 3.8) is 0 Å². The number of ether oxygens (including phenoxy) is 1. The summed E-state index contributed by atoms with van der Waals surface area (Å²) in [5, 5.41) is 1.23. The standard InChI is InChI=1S/C14H15Cl2NO2S/c15-10-1-2-11(12(16)7-10)14-17(4-6-20-14)13(18)9-3-5-19-8-9/h1-2,7,9,14H,3-6,8H2. The van der Waals surface area contributed by atoms with Crippen molar-refractivity contribution < 1.29 is 9.53 Å². The Kier molecular flexibility index (Phi) is 4.46. The number of amides is 1. The van der Waals surface area contributed by atoms with Gasteiger partial charge in [0.1, 0.15) is 5.37 Å². The number of hydrogen-bond donors (Lipinski definition) is 0. The number of rotatable bonds is 2. The van der Waals surface area contributed by atoms with Gasteiger partial charge in [-0.25, -0.2) is 0 Å². The van der Waals surface area contributed by atoms with Gasteiger partial charge in [-0.05, 0) is 18.6 Å². The SMILES string of the molecule is O=C(C1CCOC1)N1CCSC1c1ccc(Cl)cc1Cl. The van der Waals surface area contributed by atoms with E-state index in [0.29, 0.717) is 23.3 Å². The average Bonchev–Trinajstić information content (AvgIpc) is 3.09. The van der Waals surface area contributed by atoms with Crippen molar-refractivity contribution in [2.24, 2.45) is 5.92 Å². The molecule has 3 nitrogen and oxygen atoms in total. The van der Waals surface area contributed by atoms with Crippen molar-refractivity contribution in [1.29, 1.82) is 0 Å². The average molecular weight is 332 g/mol. The lowest BCUT2D eigenvalue weighted by atomic mass is 10.1. The molecule has 2 aliphatic rings. The van der Waals surface area contributed by atoms with Gasteiger partial charge in [0.25, 0.3) is 0 Å². The van der Waals surface area contributed by atoms with E-state index in [9.17, 15) is 4.79 Å². The Labute approximate surface area is 132 Å². The molecule has 0 saturated carbocycles. The van der Waals surface area contributed by atoms with Gasteiger partial charge in [0, 0.05) is 34.5 Å². The van der Waals surface area contributed by atoms with E-state index in [4.69, 9.17) is 27.9 Å². The van der Waals surface area contributed by atoms with E-state index in [1.54, 1.807) is 17.8 Å². The van der Waals surface area contributed by atoms with Crippen LogP contribution in [0.2, 0.25) is 10.0 Å². The number of halogens is 2. The third-order valence-corrected chi connectivity index (χ3v) is 5.49. The molecule has 0 spiro atoms. The second-order valence-corrected chi connectivity index (χ2v) is 7.01. The molecule has 3 rings (SSSR count). The molecule has 0 N–H and O–H groups in total. The van der Waals surface area contributed by atoms with Crippen molar-refractivity contribution >= 4 is 40.9 Å². The van der Waals surface area contributed by atoms with Gasteiger partial charge in [0.05, 0.1) is 12.5 Å². The van der Waals surface area contributed by atoms with Crippen LogP contribution in [0.25, 0.3) is 0 Å². The summed E-state index contributed by atoms with van der Waals surface area (Å²) in [6.45, 7) is 1.99. The molecule has 1 aromatic carbocycles. The number of carbonyl (C=O) groups is 1. The summed E-state index contributed by atoms with van der Waals surface area (Å²) in [5.41, 5.74) is 0.964. The minimum atomic E-state index is -0.00660. The summed E-state index contributed by atoms with van der Waals surface area (Å²) < 4.78 is 5.32. The van der Waals surface area contributed by atoms with Crippen LogP contribution in [0.5, 0.6) is 0 Å². The van der Waals surface area contributed by atoms with Crippen molar-refractivity contribution in [3.8, 4) is 0 Å². The van der Waals surface area contributed by atoms with Crippen LogP contribution in [0.15, 0.2) is 18.2 Å². The predicted molar refractivity (Wildman–Crippen MR) is 82.3 cm³/mol. The molecule has 108 valence electrons. The molecule has 0 aliphatic carbocycles. The third kappa shape index (κ3) is 2.80. The van der Waals surface area contributed by atoms with Crippen LogP contribution in [-0.2, 0) is 9.53 Å². The lowest BCUT2D eigenvalue weighted by Crippen LogP contribution is -2.36. The molecule has 2 heterocycles. The van der Waals surface area contributed by atoms with E-state index in [-0.39, 0.29) is 17.2 Å². The van der Waals surface area contributed by atoms with Crippen LogP contribution < -0.4 is 0 Å². The van der Waals surface area contributed by atoms with Crippen LogP contribution in [0.1, 0.15) is 17.4 Å². The second-order valence-electron chi connectivity index (χ2n) is 4.98. The molecule has 1 aromatic rings. The first-order valence-electron chi connectivity index (χ1n) is 6.61. The number of nitrogens with zero attached hydrogens (tertiary/aromatic N) is 1. The Morgan fingerprint density at radius 3 is 2.95 bits per heavy atom. The van der Waals surface area contributed by atoms with E-state index < -0.39 is 0 Å². The molecule has 2 saturated heterocycles. The van der Waals surface area contributed by atoms with E-state index in [0.717, 1.165) is 24.3 Å². The van der Waals surface area contributed by atoms with E-state index in [1.165, 1.54) is 0 Å². The minimum absolute atomic E-state index is 0.00211. The van der Waals surface area contributed by atoms with Crippen LogP contribution >= 0.6 is 35.0 Å². The smallest absolute Gasteiger partial charge is 0.229 e. The molecule has 2 aliphatic heterocycles. The number of benzene rings is 1. The monoisotopic (exact) mass is 331 g/mol. The highest BCUT2D eigenvalue weighted by molar-refractivity contribution is 7.99. The van der Waals surface area contributed by atoms with Gasteiger partial charge in [-0.2, -0.15) is 0 Å². The van der Waals surface area contributed by atoms with Crippen LogP contribution in [0, 0.1) is 5.92 Å². The molecule has 2 atom stereocenters. The largest absolute Gasteiger partial charge is 0.381 e. The van der Waals surface area contributed by atoms with Crippen LogP contribution in [0.4, 0.5) is 0 Å². The summed E-state index contributed by atoms with van der Waals surface area (Å²) in [4.78, 5) is 14.5. The summed E-state index contributed by atoms with van der Waals surface area (Å²) in [6.07, 6.45) is 0.821. The van der Waals surface area contributed by atoms with E-state index in [2.05, 4.69) is 0 Å². The summed E-state index contributed by atoms with van der Waals surface area (Å²) in [5.74, 6) is 1.12. The highest BCUT2D eigenvalue weighted by Gasteiger charge is 2.36. The zero-order chi connectivity index (χ0) is 14.1. The Balaban J connectivity index is 1.82. The fourth-order valence-electron chi connectivity index (χ4n) is 2.62. The maximum absolute atomic E-state index is 12.6. The quantitative estimate of drug-likeness (QED) is 0.829. The molecule has 0 radical (unpaired) electrons. The summed E-state index contributed by atoms with van der Waals surface area (Å²) >= 11 is 14.0. The van der Waals surface area contributed by atoms with Gasteiger partial charge >= 0.3 is 0 Å². The molecule has 20 heavy (non-hydrogen) atoms. The molecular formula is C14H15Cl2NO2S. The minimum Gasteiger partial charge on any atom is -0.381 e. The number of hydrogen-bond acceptors (Lipinski definition) is 3. The molecule has 0 aromatic heterocycles. The van der Waals surface area contributed by atoms with Gasteiger partial charge in [0.2, 0.25) is 5.91 Å². The maximum Gasteiger partial charge on any atom is 0.229 e. The van der Waals surface area contributed by atoms with Crippen molar-refractivity contribution in [1.82, 2.24) is 4.90 Å². The van der Waals surface area contributed by atoms with Crippen LogP contribution in [0.3, 0.4) is 0 Å². The Morgan fingerprint density at radius 2 is 2.25 bits per heavy atom. The van der Waals surface area contributed by atoms with Crippen molar-refractivity contribution in [3.05, 3.63) is 33.8 Å².